The van der Waals surface area contributed by atoms with Gasteiger partial charge in [-0.15, -0.1) is 0 Å². The Morgan fingerprint density at radius 2 is 1.88 bits per heavy atom. The lowest BCUT2D eigenvalue weighted by molar-refractivity contribution is 0.0254. The summed E-state index contributed by atoms with van der Waals surface area (Å²) in [6.07, 6.45) is 4.68. The van der Waals surface area contributed by atoms with E-state index >= 15 is 0 Å². The predicted molar refractivity (Wildman–Crippen MR) is 131 cm³/mol. The maximum Gasteiger partial charge on any atom is 0.269 e. The lowest BCUT2D eigenvalue weighted by Crippen LogP contribution is -2.26. The highest BCUT2D eigenvalue weighted by Gasteiger charge is 2.24. The highest BCUT2D eigenvalue weighted by Crippen LogP contribution is 2.36. The zero-order valence-electron chi connectivity index (χ0n) is 18.0. The van der Waals surface area contributed by atoms with Crippen LogP contribution in [0.1, 0.15) is 18.4 Å². The highest BCUT2D eigenvalue weighted by atomic mass is 79.9. The number of aromatic nitrogens is 2. The first-order chi connectivity index (χ1) is 16.5. The molecule has 1 aliphatic heterocycles. The zero-order chi connectivity index (χ0) is 23.7. The summed E-state index contributed by atoms with van der Waals surface area (Å²) in [5.41, 5.74) is 2.04. The van der Waals surface area contributed by atoms with Gasteiger partial charge < -0.3 is 9.47 Å². The molecule has 0 N–H and O–H groups in total. The molecule has 1 fully saturated rings. The van der Waals surface area contributed by atoms with Gasteiger partial charge in [0, 0.05) is 40.7 Å². The molecule has 1 saturated heterocycles. The third-order valence-corrected chi connectivity index (χ3v) is 7.85. The van der Waals surface area contributed by atoms with E-state index in [1.54, 1.807) is 54.9 Å². The smallest absolute Gasteiger partial charge is 0.269 e. The fraction of sp³-hybridized carbons (Fsp3) is 0.200. The molecule has 0 radical (unpaired) electrons. The average molecular weight is 538 g/mol. The van der Waals surface area contributed by atoms with Gasteiger partial charge in [0.2, 0.25) is 0 Å². The molecule has 3 heterocycles. The normalized spacial score (nSPS) is 14.7. The van der Waals surface area contributed by atoms with Crippen molar-refractivity contribution in [3.05, 3.63) is 77.0 Å². The number of benzene rings is 2. The maximum absolute atomic E-state index is 13.4. The summed E-state index contributed by atoms with van der Waals surface area (Å²) in [7, 11) is -3.87. The van der Waals surface area contributed by atoms with E-state index in [1.807, 2.05) is 12.1 Å². The quantitative estimate of drug-likeness (QED) is 0.350. The third kappa shape index (κ3) is 4.20. The minimum absolute atomic E-state index is 0.00443. The highest BCUT2D eigenvalue weighted by molar-refractivity contribution is 9.10. The molecular formula is C25H20BrN3O4S. The van der Waals surface area contributed by atoms with E-state index in [-0.39, 0.29) is 11.0 Å². The van der Waals surface area contributed by atoms with Crippen LogP contribution in [0.3, 0.4) is 0 Å². The Hall–Kier alpha value is -3.19. The molecule has 4 aromatic rings. The zero-order valence-corrected chi connectivity index (χ0v) is 20.4. The monoisotopic (exact) mass is 537 g/mol. The Morgan fingerprint density at radius 3 is 2.62 bits per heavy atom. The second-order valence-corrected chi connectivity index (χ2v) is 10.7. The number of hydrogen-bond acceptors (Lipinski definition) is 6. The van der Waals surface area contributed by atoms with E-state index in [4.69, 9.17) is 9.47 Å². The van der Waals surface area contributed by atoms with E-state index in [9.17, 15) is 13.7 Å². The first-order valence-corrected chi connectivity index (χ1v) is 13.0. The molecule has 0 unspecified atom stereocenters. The molecule has 34 heavy (non-hydrogen) atoms. The van der Waals surface area contributed by atoms with E-state index in [2.05, 4.69) is 27.0 Å². The number of fused-ring (bicyclic) bond motifs is 1. The number of nitrogens with zero attached hydrogens (tertiary/aromatic N) is 3. The lowest BCUT2D eigenvalue weighted by atomic mass is 10.0. The summed E-state index contributed by atoms with van der Waals surface area (Å²) >= 11 is 3.44. The van der Waals surface area contributed by atoms with Gasteiger partial charge in [-0.2, -0.15) is 5.26 Å². The van der Waals surface area contributed by atoms with Crippen LogP contribution in [0.2, 0.25) is 0 Å². The number of halogens is 1. The van der Waals surface area contributed by atoms with Crippen LogP contribution >= 0.6 is 15.9 Å². The van der Waals surface area contributed by atoms with Crippen molar-refractivity contribution in [3.63, 3.8) is 0 Å². The molecule has 7 nitrogen and oxygen atoms in total. The average Bonchev–Trinajstić information content (AvgIpc) is 3.25. The Labute approximate surface area is 205 Å². The van der Waals surface area contributed by atoms with E-state index in [1.165, 1.54) is 3.97 Å². The van der Waals surface area contributed by atoms with Gasteiger partial charge in [0.1, 0.15) is 17.9 Å². The molecule has 9 heteroatoms. The molecule has 1 aliphatic rings. The molecule has 2 aromatic heterocycles. The van der Waals surface area contributed by atoms with Crippen LogP contribution in [0.4, 0.5) is 0 Å². The summed E-state index contributed by atoms with van der Waals surface area (Å²) in [6.45, 7) is 1.28. The Bertz CT molecular complexity index is 1500. The Balaban J connectivity index is 1.62. The van der Waals surface area contributed by atoms with Crippen molar-refractivity contribution in [2.45, 2.75) is 23.8 Å². The summed E-state index contributed by atoms with van der Waals surface area (Å²) in [5, 5.41) is 10.4. The van der Waals surface area contributed by atoms with E-state index in [0.29, 0.717) is 46.7 Å². The van der Waals surface area contributed by atoms with Gasteiger partial charge in [-0.25, -0.2) is 17.4 Å². The van der Waals surface area contributed by atoms with Gasteiger partial charge in [-0.1, -0.05) is 24.3 Å². The van der Waals surface area contributed by atoms with Crippen molar-refractivity contribution in [1.82, 2.24) is 8.96 Å². The van der Waals surface area contributed by atoms with Crippen molar-refractivity contribution in [2.24, 2.45) is 0 Å². The van der Waals surface area contributed by atoms with Crippen LogP contribution in [-0.4, -0.2) is 36.7 Å². The van der Waals surface area contributed by atoms with Crippen LogP contribution in [0.5, 0.6) is 5.75 Å². The second kappa shape index (κ2) is 9.22. The maximum atomic E-state index is 13.4. The van der Waals surface area contributed by atoms with Crippen LogP contribution < -0.4 is 4.74 Å². The molecule has 5 rings (SSSR count). The molecule has 172 valence electrons. The van der Waals surface area contributed by atoms with E-state index < -0.39 is 10.0 Å². The van der Waals surface area contributed by atoms with Crippen molar-refractivity contribution in [2.75, 3.05) is 13.2 Å². The summed E-state index contributed by atoms with van der Waals surface area (Å²) in [6, 6.07) is 17.6. The molecular weight excluding hydrogens is 518 g/mol. The minimum atomic E-state index is -3.87. The fourth-order valence-corrected chi connectivity index (χ4v) is 5.71. The van der Waals surface area contributed by atoms with Gasteiger partial charge in [0.15, 0.2) is 5.65 Å². The Morgan fingerprint density at radius 1 is 1.12 bits per heavy atom. The first kappa shape index (κ1) is 22.6. The molecule has 0 atom stereocenters. The molecule has 0 aliphatic carbocycles. The van der Waals surface area contributed by atoms with Crippen LogP contribution in [0.25, 0.3) is 22.2 Å². The van der Waals surface area contributed by atoms with Gasteiger partial charge in [-0.05, 0) is 51.8 Å². The van der Waals surface area contributed by atoms with Gasteiger partial charge in [-0.3, -0.25) is 0 Å². The third-order valence-electron chi connectivity index (χ3n) is 5.75. The van der Waals surface area contributed by atoms with Gasteiger partial charge in [0.05, 0.1) is 23.7 Å². The number of nitriles is 1. The van der Waals surface area contributed by atoms with Crippen molar-refractivity contribution >= 4 is 37.0 Å². The topological polar surface area (TPSA) is 94.2 Å². The van der Waals surface area contributed by atoms with Crippen molar-refractivity contribution in [3.8, 4) is 22.9 Å². The summed E-state index contributed by atoms with van der Waals surface area (Å²) in [5.74, 6) is 0.512. The minimum Gasteiger partial charge on any atom is -0.489 e. The van der Waals surface area contributed by atoms with Crippen LogP contribution in [0, 0.1) is 11.3 Å². The molecule has 0 bridgehead atoms. The van der Waals surface area contributed by atoms with Crippen molar-refractivity contribution in [1.29, 1.82) is 5.26 Å². The largest absolute Gasteiger partial charge is 0.489 e. The second-order valence-electron chi connectivity index (χ2n) is 7.93. The predicted octanol–water partition coefficient (Wildman–Crippen LogP) is 5.13. The van der Waals surface area contributed by atoms with Gasteiger partial charge in [0.25, 0.3) is 10.0 Å². The number of ether oxygens (including phenoxy) is 2. The van der Waals surface area contributed by atoms with Gasteiger partial charge >= 0.3 is 0 Å². The molecule has 0 saturated carbocycles. The van der Waals surface area contributed by atoms with Crippen LogP contribution in [-0.2, 0) is 14.8 Å². The molecule has 2 aromatic carbocycles. The summed E-state index contributed by atoms with van der Waals surface area (Å²) in [4.78, 5) is 4.56. The molecule has 0 amide bonds. The number of hydrogen-bond donors (Lipinski definition) is 0. The number of pyridine rings is 1. The summed E-state index contributed by atoms with van der Waals surface area (Å²) < 4.78 is 40.2. The van der Waals surface area contributed by atoms with E-state index in [0.717, 1.165) is 17.3 Å². The SMILES string of the molecule is N#Cc1cc(-c2cn(S(=O)(=O)c3ccccc3)c3ncc(Br)cc23)ccc1OC1CCOCC1. The van der Waals surface area contributed by atoms with Crippen LogP contribution in [0.15, 0.2) is 76.4 Å². The number of rotatable bonds is 5. The first-order valence-electron chi connectivity index (χ1n) is 10.7. The molecule has 0 spiro atoms. The fourth-order valence-electron chi connectivity index (χ4n) is 4.03. The lowest BCUT2D eigenvalue weighted by Gasteiger charge is -2.23. The van der Waals surface area contributed by atoms with Crippen molar-refractivity contribution < 1.29 is 17.9 Å². The Kier molecular flexibility index (Phi) is 6.13. The standard InChI is InChI=1S/C25H20BrN3O4S/c26-19-13-22-23(16-29(25(22)28-15-19)34(30,31)21-4-2-1-3-5-21)17-6-7-24(18(12-17)14-27)33-20-8-10-32-11-9-20/h1-7,12-13,15-16,20H,8-11H2.